The first-order chi connectivity index (χ1) is 16.5. The van der Waals surface area contributed by atoms with E-state index in [0.29, 0.717) is 35.1 Å². The van der Waals surface area contributed by atoms with Gasteiger partial charge in [-0.1, -0.05) is 48.0 Å². The van der Waals surface area contributed by atoms with E-state index in [-0.39, 0.29) is 17.0 Å². The molecule has 0 aliphatic carbocycles. The molecule has 1 heterocycles. The molecule has 1 aromatic heterocycles. The lowest BCUT2D eigenvalue weighted by Crippen LogP contribution is -2.07. The maximum Gasteiger partial charge on any atom is 0.338 e. The van der Waals surface area contributed by atoms with Crippen LogP contribution in [0.25, 0.3) is 10.9 Å². The lowest BCUT2D eigenvalue weighted by atomic mass is 10.2. The zero-order chi connectivity index (χ0) is 24.1. The second kappa shape index (κ2) is 10.5. The predicted molar refractivity (Wildman–Crippen MR) is 137 cm³/mol. The lowest BCUT2D eigenvalue weighted by Gasteiger charge is -2.08. The van der Waals surface area contributed by atoms with Gasteiger partial charge in [-0.05, 0) is 61.1 Å². The van der Waals surface area contributed by atoms with Crippen molar-refractivity contribution in [1.82, 2.24) is 4.57 Å². The van der Waals surface area contributed by atoms with Gasteiger partial charge >= 0.3 is 5.97 Å². The summed E-state index contributed by atoms with van der Waals surface area (Å²) in [7, 11) is 0. The average molecular weight is 493 g/mol. The van der Waals surface area contributed by atoms with E-state index in [4.69, 9.17) is 28.6 Å². The van der Waals surface area contributed by atoms with Crippen molar-refractivity contribution in [3.05, 3.63) is 88.9 Å². The van der Waals surface area contributed by atoms with Crippen LogP contribution in [0.2, 0.25) is 5.02 Å². The number of para-hydroxylation sites is 1. The first kappa shape index (κ1) is 23.4. The lowest BCUT2D eigenvalue weighted by molar-refractivity contribution is 0.0526. The Morgan fingerprint density at radius 2 is 1.79 bits per heavy atom. The highest BCUT2D eigenvalue weighted by atomic mass is 35.5. The number of ether oxygens (including phenoxy) is 1. The van der Waals surface area contributed by atoms with Crippen molar-refractivity contribution >= 4 is 57.2 Å². The normalized spacial score (nSPS) is 11.1. The molecule has 0 saturated carbocycles. The Bertz CT molecular complexity index is 1380. The third-order valence-corrected chi connectivity index (χ3v) is 5.64. The molecule has 0 unspecified atom stereocenters. The molecule has 0 spiro atoms. The number of esters is 1. The number of anilines is 1. The van der Waals surface area contributed by atoms with E-state index in [1.165, 1.54) is 0 Å². The van der Waals surface area contributed by atoms with Crippen LogP contribution in [-0.2, 0) is 11.3 Å². The first-order valence-corrected chi connectivity index (χ1v) is 11.3. The van der Waals surface area contributed by atoms with Crippen molar-refractivity contribution < 1.29 is 14.6 Å². The number of benzene rings is 3. The molecule has 0 radical (unpaired) electrons. The highest BCUT2D eigenvalue weighted by Gasteiger charge is 2.17. The Hall–Kier alpha value is -3.75. The Morgan fingerprint density at radius 1 is 1.09 bits per heavy atom. The highest BCUT2D eigenvalue weighted by Crippen LogP contribution is 2.39. The number of hydrogen-bond donors (Lipinski definition) is 2. The van der Waals surface area contributed by atoms with E-state index >= 15 is 0 Å². The van der Waals surface area contributed by atoms with Crippen molar-refractivity contribution in [2.24, 2.45) is 10.2 Å². The largest absolute Gasteiger partial charge is 0.493 e. The van der Waals surface area contributed by atoms with Gasteiger partial charge in [-0.15, -0.1) is 10.2 Å². The van der Waals surface area contributed by atoms with Gasteiger partial charge in [0.05, 0.1) is 24.2 Å². The van der Waals surface area contributed by atoms with Crippen LogP contribution < -0.4 is 5.32 Å². The van der Waals surface area contributed by atoms with Crippen LogP contribution in [0.15, 0.2) is 83.0 Å². The fourth-order valence-electron chi connectivity index (χ4n) is 3.48. The molecule has 4 aromatic rings. The fourth-order valence-corrected chi connectivity index (χ4v) is 3.83. The van der Waals surface area contributed by atoms with Crippen molar-refractivity contribution in [1.29, 1.82) is 0 Å². The third-order valence-electron chi connectivity index (χ3n) is 5.09. The van der Waals surface area contributed by atoms with Gasteiger partial charge in [0.1, 0.15) is 0 Å². The molecule has 172 valence electrons. The van der Waals surface area contributed by atoms with E-state index in [1.807, 2.05) is 48.5 Å². The molecule has 0 amide bonds. The molecule has 0 aliphatic heterocycles. The van der Waals surface area contributed by atoms with E-state index in [2.05, 4.69) is 15.5 Å². The van der Waals surface area contributed by atoms with Gasteiger partial charge in [-0.3, -0.25) is 0 Å². The van der Waals surface area contributed by atoms with E-state index in [1.54, 1.807) is 35.8 Å². The maximum atomic E-state index is 11.8. The molecular formula is C25H21ClN4O3S. The second-order valence-electron chi connectivity index (χ2n) is 7.29. The molecule has 0 bridgehead atoms. The number of halogens is 1. The predicted octanol–water partition coefficient (Wildman–Crippen LogP) is 6.71. The minimum atomic E-state index is -0.389. The molecule has 0 atom stereocenters. The fraction of sp³-hybridized carbons (Fsp3) is 0.120. The van der Waals surface area contributed by atoms with Crippen LogP contribution in [0.1, 0.15) is 22.8 Å². The van der Waals surface area contributed by atoms with Crippen molar-refractivity contribution in [2.75, 3.05) is 11.9 Å². The number of azo groups is 1. The quantitative estimate of drug-likeness (QED) is 0.177. The topological polar surface area (TPSA) is 88.2 Å². The Morgan fingerprint density at radius 3 is 2.53 bits per heavy atom. The van der Waals surface area contributed by atoms with Gasteiger partial charge in [0.2, 0.25) is 11.0 Å². The number of carbonyl (C=O) groups is 1. The standard InChI is InChI=1S/C25H21ClN4O3S/c1-2-33-24(32)16-11-13-18(14-12-16)27-25(34)29-28-22-19-8-4-6-10-21(19)30(23(22)31)15-17-7-3-5-9-20(17)26/h3-14,31H,2,15H2,1H3,(H,27,34). The zero-order valence-electron chi connectivity index (χ0n) is 18.2. The molecule has 7 nitrogen and oxygen atoms in total. The number of rotatable bonds is 6. The third kappa shape index (κ3) is 5.08. The van der Waals surface area contributed by atoms with E-state index in [9.17, 15) is 9.90 Å². The number of nitrogens with zero attached hydrogens (tertiary/aromatic N) is 3. The number of aromatic nitrogens is 1. The number of nitrogens with one attached hydrogen (secondary N) is 1. The summed E-state index contributed by atoms with van der Waals surface area (Å²) >= 11 is 11.6. The summed E-state index contributed by atoms with van der Waals surface area (Å²) in [5, 5.41) is 23.7. The summed E-state index contributed by atoms with van der Waals surface area (Å²) < 4.78 is 6.71. The van der Waals surface area contributed by atoms with E-state index < -0.39 is 0 Å². The number of aromatic hydroxyl groups is 1. The van der Waals surface area contributed by atoms with Crippen LogP contribution in [0.4, 0.5) is 11.4 Å². The summed E-state index contributed by atoms with van der Waals surface area (Å²) in [6.07, 6.45) is 0. The minimum absolute atomic E-state index is 0.0357. The van der Waals surface area contributed by atoms with Gasteiger partial charge in [0.25, 0.3) is 0 Å². The smallest absolute Gasteiger partial charge is 0.338 e. The molecule has 3 aromatic carbocycles. The molecule has 34 heavy (non-hydrogen) atoms. The van der Waals surface area contributed by atoms with Crippen LogP contribution in [0.3, 0.4) is 0 Å². The van der Waals surface area contributed by atoms with E-state index in [0.717, 1.165) is 16.5 Å². The Balaban J connectivity index is 1.55. The zero-order valence-corrected chi connectivity index (χ0v) is 19.8. The van der Waals surface area contributed by atoms with Gasteiger partial charge in [-0.25, -0.2) is 4.79 Å². The van der Waals surface area contributed by atoms with Crippen LogP contribution in [0.5, 0.6) is 5.88 Å². The number of hydrogen-bond acceptors (Lipinski definition) is 5. The number of carbonyl (C=O) groups excluding carboxylic acids is 1. The second-order valence-corrected chi connectivity index (χ2v) is 8.09. The van der Waals surface area contributed by atoms with Crippen molar-refractivity contribution in [2.45, 2.75) is 13.5 Å². The monoisotopic (exact) mass is 492 g/mol. The van der Waals surface area contributed by atoms with Crippen LogP contribution >= 0.6 is 23.8 Å². The molecule has 0 saturated heterocycles. The van der Waals surface area contributed by atoms with Crippen molar-refractivity contribution in [3.8, 4) is 5.88 Å². The maximum absolute atomic E-state index is 11.8. The summed E-state index contributed by atoms with van der Waals surface area (Å²) in [4.78, 5) is 11.8. The molecular weight excluding hydrogens is 472 g/mol. The van der Waals surface area contributed by atoms with Gasteiger partial charge in [0, 0.05) is 16.1 Å². The molecule has 0 fully saturated rings. The summed E-state index contributed by atoms with van der Waals surface area (Å²) in [5.41, 5.74) is 3.05. The van der Waals surface area contributed by atoms with Crippen molar-refractivity contribution in [3.63, 3.8) is 0 Å². The Kier molecular flexibility index (Phi) is 7.20. The van der Waals surface area contributed by atoms with Gasteiger partial charge in [-0.2, -0.15) is 0 Å². The molecule has 9 heteroatoms. The number of thiocarbonyl (C=S) groups is 1. The average Bonchev–Trinajstić information content (AvgIpc) is 3.10. The first-order valence-electron chi connectivity index (χ1n) is 10.5. The SMILES string of the molecule is CCOC(=O)c1ccc(NC(=S)N=Nc2c(O)n(Cc3ccccc3Cl)c3ccccc23)cc1. The molecule has 0 aliphatic rings. The summed E-state index contributed by atoms with van der Waals surface area (Å²) in [5.74, 6) is -0.425. The van der Waals surface area contributed by atoms with Gasteiger partial charge in [0.15, 0.2) is 5.69 Å². The Labute approximate surface area is 206 Å². The molecule has 4 rings (SSSR count). The summed E-state index contributed by atoms with van der Waals surface area (Å²) in [6.45, 7) is 2.44. The van der Waals surface area contributed by atoms with Crippen LogP contribution in [0, 0.1) is 0 Å². The van der Waals surface area contributed by atoms with Crippen LogP contribution in [-0.4, -0.2) is 27.4 Å². The van der Waals surface area contributed by atoms with Gasteiger partial charge < -0.3 is 19.7 Å². The highest BCUT2D eigenvalue weighted by molar-refractivity contribution is 7.80. The summed E-state index contributed by atoms with van der Waals surface area (Å²) in [6, 6.07) is 21.6. The number of fused-ring (bicyclic) bond motifs is 1. The molecule has 2 N–H and O–H groups in total. The minimum Gasteiger partial charge on any atom is -0.493 e.